The molecule has 2 rings (SSSR count). The van der Waals surface area contributed by atoms with Crippen molar-refractivity contribution in [3.05, 3.63) is 22.7 Å². The second-order valence-corrected chi connectivity index (χ2v) is 6.23. The van der Waals surface area contributed by atoms with Crippen LogP contribution in [0.3, 0.4) is 0 Å². The minimum absolute atomic E-state index is 0.0494. The largest absolute Gasteiger partial charge is 0.398 e. The summed E-state index contributed by atoms with van der Waals surface area (Å²) in [5.41, 5.74) is 5.95. The molecule has 0 spiro atoms. The van der Waals surface area contributed by atoms with E-state index in [2.05, 4.69) is 35.5 Å². The average molecular weight is 336 g/mol. The number of hydrogen-bond acceptors (Lipinski definition) is 7. The molecule has 0 unspecified atom stereocenters. The maximum Gasteiger partial charge on any atom is 0.263 e. The molecule has 10 heteroatoms. The van der Waals surface area contributed by atoms with Crippen molar-refractivity contribution < 1.29 is 8.42 Å². The summed E-state index contributed by atoms with van der Waals surface area (Å²) in [5, 5.41) is 6.89. The van der Waals surface area contributed by atoms with Crippen LogP contribution in [0.15, 0.2) is 27.6 Å². The summed E-state index contributed by atoms with van der Waals surface area (Å²) < 4.78 is 30.1. The van der Waals surface area contributed by atoms with E-state index < -0.39 is 10.0 Å². The topological polar surface area (TPSA) is 111 Å². The van der Waals surface area contributed by atoms with Crippen LogP contribution in [0.4, 0.5) is 10.8 Å². The summed E-state index contributed by atoms with van der Waals surface area (Å²) in [6, 6.07) is 4.33. The Bertz CT molecular complexity index is 628. The number of nitrogens with two attached hydrogens (primary N) is 1. The van der Waals surface area contributed by atoms with Crippen LogP contribution in [-0.4, -0.2) is 23.2 Å². The van der Waals surface area contributed by atoms with Crippen molar-refractivity contribution in [1.82, 2.24) is 14.8 Å². The van der Waals surface area contributed by atoms with E-state index in [1.54, 1.807) is 6.07 Å². The highest BCUT2D eigenvalue weighted by Gasteiger charge is 2.17. The monoisotopic (exact) mass is 335 g/mol. The van der Waals surface area contributed by atoms with Crippen LogP contribution < -0.4 is 10.5 Å². The van der Waals surface area contributed by atoms with Gasteiger partial charge in [-0.25, -0.2) is 8.42 Å². The summed E-state index contributed by atoms with van der Waals surface area (Å²) >= 11 is 4.04. The lowest BCUT2D eigenvalue weighted by Gasteiger charge is -2.05. The predicted octanol–water partition coefficient (Wildman–Crippen LogP) is 1.08. The van der Waals surface area contributed by atoms with Crippen molar-refractivity contribution in [2.45, 2.75) is 4.90 Å². The Morgan fingerprint density at radius 3 is 2.76 bits per heavy atom. The number of aromatic nitrogens is 3. The van der Waals surface area contributed by atoms with E-state index in [0.29, 0.717) is 10.2 Å². The zero-order valence-corrected chi connectivity index (χ0v) is 11.4. The third kappa shape index (κ3) is 2.70. The summed E-state index contributed by atoms with van der Waals surface area (Å²) in [6.45, 7) is 0. The second kappa shape index (κ2) is 4.55. The number of nitrogens with one attached hydrogen (secondary N) is 1. The normalized spacial score (nSPS) is 11.4. The van der Waals surface area contributed by atoms with Gasteiger partial charge in [-0.15, -0.1) is 0 Å². The Balaban J connectivity index is 2.35. The number of hydrogen-bond donors (Lipinski definition) is 2. The van der Waals surface area contributed by atoms with Gasteiger partial charge in [0.2, 0.25) is 5.13 Å². The number of rotatable bonds is 3. The van der Waals surface area contributed by atoms with Crippen molar-refractivity contribution in [2.24, 2.45) is 0 Å². The molecule has 0 aliphatic heterocycles. The second-order valence-electron chi connectivity index (χ2n) is 2.96. The number of nitrogens with zero attached hydrogens (tertiary/aromatic N) is 3. The number of nitrogen functional groups attached to an aromatic ring is 1. The molecule has 2 aromatic rings. The Morgan fingerprint density at radius 1 is 1.41 bits per heavy atom. The molecule has 1 heterocycles. The van der Waals surface area contributed by atoms with Crippen LogP contribution in [0.1, 0.15) is 0 Å². The minimum atomic E-state index is -3.71. The van der Waals surface area contributed by atoms with Gasteiger partial charge in [-0.1, -0.05) is 9.59 Å². The molecule has 90 valence electrons. The summed E-state index contributed by atoms with van der Waals surface area (Å²) in [7, 11) is -3.71. The lowest BCUT2D eigenvalue weighted by Crippen LogP contribution is -2.13. The first kappa shape index (κ1) is 12.2. The molecule has 1 aromatic carbocycles. The van der Waals surface area contributed by atoms with Gasteiger partial charge in [0, 0.05) is 21.7 Å². The zero-order valence-electron chi connectivity index (χ0n) is 8.16. The first-order valence-electron chi connectivity index (χ1n) is 4.22. The lowest BCUT2D eigenvalue weighted by molar-refractivity contribution is 0.601. The highest BCUT2D eigenvalue weighted by atomic mass is 79.9. The Hall–Kier alpha value is -1.26. The van der Waals surface area contributed by atoms with Crippen LogP contribution in [-0.2, 0) is 10.0 Å². The standard InChI is InChI=1S/C7H6BrN5O2S2/c8-5-2-1-4(3-6(5)9)17(14,15)11-7-10-12-13-16-7/h1-3H,9H2,(H,10,11,13). The average Bonchev–Trinajstić information content (AvgIpc) is 2.73. The SMILES string of the molecule is Nc1cc(S(=O)(=O)Nc2nnns2)ccc1Br. The van der Waals surface area contributed by atoms with E-state index in [-0.39, 0.29) is 10.0 Å². The molecule has 7 nitrogen and oxygen atoms in total. The predicted molar refractivity (Wildman–Crippen MR) is 67.1 cm³/mol. The zero-order chi connectivity index (χ0) is 12.5. The summed E-state index contributed by atoms with van der Waals surface area (Å²) in [6.07, 6.45) is 0. The number of benzene rings is 1. The van der Waals surface area contributed by atoms with E-state index in [9.17, 15) is 8.42 Å². The Labute approximate surface area is 109 Å². The molecule has 0 atom stereocenters. The van der Waals surface area contributed by atoms with Gasteiger partial charge >= 0.3 is 0 Å². The van der Waals surface area contributed by atoms with Gasteiger partial charge in [-0.3, -0.25) is 4.72 Å². The molecule has 0 aliphatic carbocycles. The fourth-order valence-electron chi connectivity index (χ4n) is 1.04. The molecule has 0 saturated heterocycles. The number of halogens is 1. The maximum atomic E-state index is 11.9. The van der Waals surface area contributed by atoms with Crippen LogP contribution in [0.5, 0.6) is 0 Å². The van der Waals surface area contributed by atoms with E-state index in [0.717, 1.165) is 11.5 Å². The van der Waals surface area contributed by atoms with Gasteiger partial charge in [-0.2, -0.15) is 0 Å². The van der Waals surface area contributed by atoms with Crippen molar-refractivity contribution in [3.8, 4) is 0 Å². The highest BCUT2D eigenvalue weighted by Crippen LogP contribution is 2.24. The van der Waals surface area contributed by atoms with Crippen molar-refractivity contribution >= 4 is 48.3 Å². The van der Waals surface area contributed by atoms with Crippen LogP contribution >= 0.6 is 27.5 Å². The maximum absolute atomic E-state index is 11.9. The third-order valence-electron chi connectivity index (χ3n) is 1.80. The van der Waals surface area contributed by atoms with Gasteiger partial charge in [0.25, 0.3) is 10.0 Å². The molecular formula is C7H6BrN5O2S2. The van der Waals surface area contributed by atoms with E-state index in [4.69, 9.17) is 5.73 Å². The molecule has 0 amide bonds. The molecule has 1 aromatic heterocycles. The molecule has 3 N–H and O–H groups in total. The summed E-state index contributed by atoms with van der Waals surface area (Å²) in [5.74, 6) is 0. The van der Waals surface area contributed by atoms with E-state index in [1.807, 2.05) is 0 Å². The molecule has 0 aliphatic rings. The smallest absolute Gasteiger partial charge is 0.263 e. The van der Waals surface area contributed by atoms with Gasteiger partial charge in [0.05, 0.1) is 4.90 Å². The molecule has 0 bridgehead atoms. The molecule has 17 heavy (non-hydrogen) atoms. The van der Waals surface area contributed by atoms with E-state index >= 15 is 0 Å². The first-order valence-corrected chi connectivity index (χ1v) is 7.27. The third-order valence-corrected chi connectivity index (χ3v) is 4.50. The van der Waals surface area contributed by atoms with Gasteiger partial charge in [-0.05, 0) is 39.3 Å². The molecule has 0 radical (unpaired) electrons. The number of anilines is 2. The fourth-order valence-corrected chi connectivity index (χ4v) is 2.90. The van der Waals surface area contributed by atoms with Gasteiger partial charge in [0.1, 0.15) is 0 Å². The van der Waals surface area contributed by atoms with E-state index in [1.165, 1.54) is 12.1 Å². The van der Waals surface area contributed by atoms with Crippen molar-refractivity contribution in [2.75, 3.05) is 10.5 Å². The summed E-state index contributed by atoms with van der Waals surface area (Å²) in [4.78, 5) is 0.0494. The molecule has 0 fully saturated rings. The van der Waals surface area contributed by atoms with Gasteiger partial charge in [0.15, 0.2) is 0 Å². The Morgan fingerprint density at radius 2 is 2.18 bits per heavy atom. The van der Waals surface area contributed by atoms with Crippen LogP contribution in [0.2, 0.25) is 0 Å². The first-order chi connectivity index (χ1) is 7.99. The molecular weight excluding hydrogens is 330 g/mol. The molecule has 0 saturated carbocycles. The Kier molecular flexibility index (Phi) is 3.26. The van der Waals surface area contributed by atoms with Crippen LogP contribution in [0, 0.1) is 0 Å². The number of sulfonamides is 1. The quantitative estimate of drug-likeness (QED) is 0.812. The fraction of sp³-hybridized carbons (Fsp3) is 0. The lowest BCUT2D eigenvalue weighted by atomic mass is 10.3. The van der Waals surface area contributed by atoms with Crippen molar-refractivity contribution in [1.29, 1.82) is 0 Å². The highest BCUT2D eigenvalue weighted by molar-refractivity contribution is 9.10. The van der Waals surface area contributed by atoms with Crippen molar-refractivity contribution in [3.63, 3.8) is 0 Å². The van der Waals surface area contributed by atoms with Gasteiger partial charge < -0.3 is 5.73 Å². The minimum Gasteiger partial charge on any atom is -0.398 e. The van der Waals surface area contributed by atoms with Crippen LogP contribution in [0.25, 0.3) is 0 Å².